The number of carboxylic acids is 1. The fourth-order valence-electron chi connectivity index (χ4n) is 4.48. The lowest BCUT2D eigenvalue weighted by molar-refractivity contribution is -0.164. The number of hydroxylamine groups is 1. The minimum absolute atomic E-state index is 0.101. The molecule has 0 aromatic heterocycles. The molecule has 8 heteroatoms. The molecule has 27 heavy (non-hydrogen) atoms. The van der Waals surface area contributed by atoms with Crippen molar-refractivity contribution in [2.75, 3.05) is 25.2 Å². The summed E-state index contributed by atoms with van der Waals surface area (Å²) in [5, 5.41) is 9.80. The zero-order valence-electron chi connectivity index (χ0n) is 16.9. The molecule has 2 aliphatic heterocycles. The Morgan fingerprint density at radius 2 is 2.04 bits per heavy atom. The van der Waals surface area contributed by atoms with Gasteiger partial charge in [-0.15, -0.1) is 0 Å². The van der Waals surface area contributed by atoms with Gasteiger partial charge in [-0.1, -0.05) is 27.7 Å². The first kappa shape index (κ1) is 22.0. The number of aliphatic carboxylic acids is 1. The summed E-state index contributed by atoms with van der Waals surface area (Å²) in [6.07, 6.45) is 1.47. The molecule has 2 fully saturated rings. The molecular formula is C19H32N2O5S. The third-order valence-corrected chi connectivity index (χ3v) is 6.73. The van der Waals surface area contributed by atoms with Gasteiger partial charge in [0.2, 0.25) is 11.8 Å². The number of hydrogen-bond acceptors (Lipinski definition) is 5. The average Bonchev–Trinajstić information content (AvgIpc) is 3.04. The van der Waals surface area contributed by atoms with Crippen molar-refractivity contribution in [3.05, 3.63) is 0 Å². The predicted molar refractivity (Wildman–Crippen MR) is 104 cm³/mol. The van der Waals surface area contributed by atoms with E-state index < -0.39 is 29.3 Å². The SMILES string of the molecule is CONC(=O)C(C1CCSC1)C1CC(C)CN(C(C(=O)O)C(C)(C)C)C1=O. The van der Waals surface area contributed by atoms with Crippen LogP contribution in [0.4, 0.5) is 0 Å². The first-order chi connectivity index (χ1) is 12.6. The first-order valence-corrected chi connectivity index (χ1v) is 10.7. The van der Waals surface area contributed by atoms with Crippen LogP contribution in [-0.2, 0) is 19.2 Å². The highest BCUT2D eigenvalue weighted by Gasteiger charge is 2.49. The zero-order valence-corrected chi connectivity index (χ0v) is 17.7. The van der Waals surface area contributed by atoms with Gasteiger partial charge in [-0.25, -0.2) is 10.3 Å². The number of carboxylic acid groups (broad SMARTS) is 1. The molecule has 0 aromatic carbocycles. The second-order valence-electron chi connectivity index (χ2n) is 8.86. The van der Waals surface area contributed by atoms with Crippen molar-refractivity contribution in [2.24, 2.45) is 29.1 Å². The minimum Gasteiger partial charge on any atom is -0.480 e. The summed E-state index contributed by atoms with van der Waals surface area (Å²) in [6, 6.07) is -0.917. The van der Waals surface area contributed by atoms with Crippen LogP contribution < -0.4 is 5.48 Å². The normalized spacial score (nSPS) is 28.7. The third kappa shape index (κ3) is 4.96. The van der Waals surface area contributed by atoms with Crippen molar-refractivity contribution in [1.82, 2.24) is 10.4 Å². The molecule has 154 valence electrons. The standard InChI is InChI=1S/C19H32N2O5S/c1-11-8-13(14(16(22)20-26-5)12-6-7-27-10-12)17(23)21(9-11)15(18(24)25)19(2,3)4/h11-15H,6-10H2,1-5H3,(H,20,22)(H,24,25). The van der Waals surface area contributed by atoms with E-state index in [1.54, 1.807) is 11.8 Å². The van der Waals surface area contributed by atoms with E-state index in [0.717, 1.165) is 17.9 Å². The van der Waals surface area contributed by atoms with E-state index in [1.807, 2.05) is 27.7 Å². The molecular weight excluding hydrogens is 368 g/mol. The van der Waals surface area contributed by atoms with Crippen LogP contribution in [0.2, 0.25) is 0 Å². The third-order valence-electron chi connectivity index (χ3n) is 5.54. The maximum Gasteiger partial charge on any atom is 0.326 e. The number of hydrogen-bond donors (Lipinski definition) is 2. The van der Waals surface area contributed by atoms with Gasteiger partial charge in [0.25, 0.3) is 0 Å². The number of nitrogens with one attached hydrogen (secondary N) is 1. The van der Waals surface area contributed by atoms with Gasteiger partial charge in [-0.3, -0.25) is 14.4 Å². The Bertz CT molecular complexity index is 571. The van der Waals surface area contributed by atoms with Crippen LogP contribution in [0.5, 0.6) is 0 Å². The van der Waals surface area contributed by atoms with Crippen LogP contribution in [0.1, 0.15) is 40.5 Å². The van der Waals surface area contributed by atoms with Crippen molar-refractivity contribution in [2.45, 2.75) is 46.6 Å². The molecule has 2 aliphatic rings. The van der Waals surface area contributed by atoms with Gasteiger partial charge in [-0.05, 0) is 41.6 Å². The van der Waals surface area contributed by atoms with Gasteiger partial charge >= 0.3 is 5.97 Å². The number of amides is 2. The topological polar surface area (TPSA) is 95.9 Å². The Morgan fingerprint density at radius 1 is 1.37 bits per heavy atom. The van der Waals surface area contributed by atoms with Gasteiger partial charge in [0, 0.05) is 6.54 Å². The van der Waals surface area contributed by atoms with Crippen LogP contribution in [0.25, 0.3) is 0 Å². The Labute approximate surface area is 165 Å². The Hall–Kier alpha value is -1.28. The molecule has 0 spiro atoms. The summed E-state index contributed by atoms with van der Waals surface area (Å²) in [6.45, 7) is 7.91. The van der Waals surface area contributed by atoms with Gasteiger partial charge < -0.3 is 10.0 Å². The number of nitrogens with zero attached hydrogens (tertiary/aromatic N) is 1. The van der Waals surface area contributed by atoms with Crippen LogP contribution >= 0.6 is 11.8 Å². The highest BCUT2D eigenvalue weighted by molar-refractivity contribution is 7.99. The lowest BCUT2D eigenvalue weighted by Gasteiger charge is -2.45. The van der Waals surface area contributed by atoms with E-state index in [2.05, 4.69) is 5.48 Å². The van der Waals surface area contributed by atoms with Crippen LogP contribution in [-0.4, -0.2) is 59.0 Å². The van der Waals surface area contributed by atoms with Crippen molar-refractivity contribution in [3.63, 3.8) is 0 Å². The fraction of sp³-hybridized carbons (Fsp3) is 0.842. The summed E-state index contributed by atoms with van der Waals surface area (Å²) in [5.41, 5.74) is 1.82. The molecule has 2 saturated heterocycles. The van der Waals surface area contributed by atoms with Crippen LogP contribution in [0.15, 0.2) is 0 Å². The minimum atomic E-state index is -1.00. The van der Waals surface area contributed by atoms with E-state index in [-0.39, 0.29) is 23.7 Å². The number of rotatable bonds is 6. The van der Waals surface area contributed by atoms with Gasteiger partial charge in [0.1, 0.15) is 6.04 Å². The summed E-state index contributed by atoms with van der Waals surface area (Å²) >= 11 is 1.79. The zero-order chi connectivity index (χ0) is 20.4. The molecule has 0 aliphatic carbocycles. The highest BCUT2D eigenvalue weighted by atomic mass is 32.2. The van der Waals surface area contributed by atoms with Crippen molar-refractivity contribution in [3.8, 4) is 0 Å². The van der Waals surface area contributed by atoms with E-state index in [0.29, 0.717) is 13.0 Å². The molecule has 0 bridgehead atoms. The van der Waals surface area contributed by atoms with Gasteiger partial charge in [0.05, 0.1) is 18.9 Å². The quantitative estimate of drug-likeness (QED) is 0.662. The van der Waals surface area contributed by atoms with Crippen molar-refractivity contribution >= 4 is 29.5 Å². The number of thioether (sulfide) groups is 1. The molecule has 2 N–H and O–H groups in total. The molecule has 0 aromatic rings. The average molecular weight is 401 g/mol. The summed E-state index contributed by atoms with van der Waals surface area (Å²) in [5.74, 6) is -0.471. The maximum absolute atomic E-state index is 13.4. The molecule has 0 saturated carbocycles. The molecule has 5 unspecified atom stereocenters. The van der Waals surface area contributed by atoms with E-state index >= 15 is 0 Å². The van der Waals surface area contributed by atoms with Gasteiger partial charge in [-0.2, -0.15) is 11.8 Å². The van der Waals surface area contributed by atoms with Crippen molar-refractivity contribution in [1.29, 1.82) is 0 Å². The largest absolute Gasteiger partial charge is 0.480 e. The lowest BCUT2D eigenvalue weighted by atomic mass is 9.72. The number of carbonyl (C=O) groups excluding carboxylic acids is 2. The summed E-state index contributed by atoms with van der Waals surface area (Å²) < 4.78 is 0. The fourth-order valence-corrected chi connectivity index (χ4v) is 5.79. The van der Waals surface area contributed by atoms with Crippen LogP contribution in [0, 0.1) is 29.1 Å². The van der Waals surface area contributed by atoms with E-state index in [4.69, 9.17) is 4.84 Å². The van der Waals surface area contributed by atoms with E-state index in [1.165, 1.54) is 12.0 Å². The van der Waals surface area contributed by atoms with E-state index in [9.17, 15) is 19.5 Å². The highest BCUT2D eigenvalue weighted by Crippen LogP contribution is 2.41. The second-order valence-corrected chi connectivity index (χ2v) is 10.0. The summed E-state index contributed by atoms with van der Waals surface area (Å²) in [7, 11) is 1.38. The Balaban J connectivity index is 2.37. The Kier molecular flexibility index (Phi) is 7.19. The molecule has 7 nitrogen and oxygen atoms in total. The molecule has 5 atom stereocenters. The molecule has 2 amide bonds. The first-order valence-electron chi connectivity index (χ1n) is 9.51. The summed E-state index contributed by atoms with van der Waals surface area (Å²) in [4.78, 5) is 44.5. The van der Waals surface area contributed by atoms with Gasteiger partial charge in [0.15, 0.2) is 0 Å². The lowest BCUT2D eigenvalue weighted by Crippen LogP contribution is -2.59. The predicted octanol–water partition coefficient (Wildman–Crippen LogP) is 2.02. The molecule has 0 radical (unpaired) electrons. The number of carbonyl (C=O) groups is 3. The van der Waals surface area contributed by atoms with Crippen molar-refractivity contribution < 1.29 is 24.3 Å². The second kappa shape index (κ2) is 8.82. The number of piperidine rings is 1. The van der Waals surface area contributed by atoms with Crippen LogP contribution in [0.3, 0.4) is 0 Å². The smallest absolute Gasteiger partial charge is 0.326 e. The number of likely N-dealkylation sites (tertiary alicyclic amines) is 1. The Morgan fingerprint density at radius 3 is 2.52 bits per heavy atom. The molecule has 2 rings (SSSR count). The monoisotopic (exact) mass is 400 g/mol. The molecule has 2 heterocycles. The maximum atomic E-state index is 13.4.